The molecule has 0 saturated heterocycles. The van der Waals surface area contributed by atoms with Crippen molar-refractivity contribution in [1.82, 2.24) is 19.3 Å². The van der Waals surface area contributed by atoms with E-state index in [1.807, 2.05) is 55.6 Å². The van der Waals surface area contributed by atoms with Gasteiger partial charge in [0.15, 0.2) is 0 Å². The van der Waals surface area contributed by atoms with Crippen LogP contribution >= 0.6 is 0 Å². The molecule has 1 amide bonds. The third kappa shape index (κ3) is 3.33. The van der Waals surface area contributed by atoms with Gasteiger partial charge in [-0.25, -0.2) is 4.68 Å². The number of hydrogen-bond donors (Lipinski definition) is 1. The molecule has 7 heteroatoms. The summed E-state index contributed by atoms with van der Waals surface area (Å²) in [6.45, 7) is 3.73. The number of aromatic nitrogens is 4. The first kappa shape index (κ1) is 19.7. The van der Waals surface area contributed by atoms with Crippen LogP contribution in [-0.2, 0) is 4.79 Å². The molecule has 0 aliphatic carbocycles. The van der Waals surface area contributed by atoms with Gasteiger partial charge in [-0.15, -0.1) is 0 Å². The van der Waals surface area contributed by atoms with Gasteiger partial charge < -0.3 is 5.32 Å². The highest BCUT2D eigenvalue weighted by molar-refractivity contribution is 6.04. The fourth-order valence-electron chi connectivity index (χ4n) is 3.84. The molecular weight excluding hydrogens is 402 g/mol. The van der Waals surface area contributed by atoms with Crippen molar-refractivity contribution >= 4 is 33.4 Å². The van der Waals surface area contributed by atoms with Gasteiger partial charge in [0.25, 0.3) is 5.56 Å². The lowest BCUT2D eigenvalue weighted by Gasteiger charge is -2.15. The monoisotopic (exact) mass is 423 g/mol. The van der Waals surface area contributed by atoms with Gasteiger partial charge in [0.2, 0.25) is 5.91 Å². The van der Waals surface area contributed by atoms with Gasteiger partial charge in [0.05, 0.1) is 22.4 Å². The maximum atomic E-state index is 13.1. The largest absolute Gasteiger partial charge is 0.326 e. The number of fused-ring (bicyclic) bond motifs is 3. The Balaban J connectivity index is 1.80. The number of pyridine rings is 2. The standard InChI is InChI=1S/C25H21N5O2/c1-3-23(31)28-22-14-19(7-5-16(22)2)30-24(32)10-6-17-15-26-21-9-8-18(13-20(21)25(17)30)29-12-4-11-27-29/h4-15H,3H2,1-2H3,(H,28,31). The molecule has 5 aromatic rings. The second kappa shape index (κ2) is 7.77. The molecule has 0 radical (unpaired) electrons. The van der Waals surface area contributed by atoms with E-state index in [1.54, 1.807) is 34.6 Å². The lowest BCUT2D eigenvalue weighted by Crippen LogP contribution is -2.18. The molecule has 0 bridgehead atoms. The first-order chi connectivity index (χ1) is 15.5. The summed E-state index contributed by atoms with van der Waals surface area (Å²) < 4.78 is 3.45. The summed E-state index contributed by atoms with van der Waals surface area (Å²) in [6, 6.07) is 16.7. The lowest BCUT2D eigenvalue weighted by atomic mass is 10.1. The zero-order chi connectivity index (χ0) is 22.2. The Morgan fingerprint density at radius 1 is 1.06 bits per heavy atom. The zero-order valence-corrected chi connectivity index (χ0v) is 17.7. The minimum Gasteiger partial charge on any atom is -0.326 e. The Bertz CT molecular complexity index is 1530. The van der Waals surface area contributed by atoms with Crippen LogP contribution in [0, 0.1) is 6.92 Å². The van der Waals surface area contributed by atoms with Crippen LogP contribution in [0.3, 0.4) is 0 Å². The number of hydrogen-bond acceptors (Lipinski definition) is 4. The molecule has 3 aromatic heterocycles. The summed E-state index contributed by atoms with van der Waals surface area (Å²) in [6.07, 6.45) is 5.74. The van der Waals surface area contributed by atoms with E-state index < -0.39 is 0 Å². The van der Waals surface area contributed by atoms with E-state index in [9.17, 15) is 9.59 Å². The molecule has 32 heavy (non-hydrogen) atoms. The Morgan fingerprint density at radius 2 is 1.91 bits per heavy atom. The van der Waals surface area contributed by atoms with Gasteiger partial charge in [-0.3, -0.25) is 19.1 Å². The van der Waals surface area contributed by atoms with Crippen molar-refractivity contribution in [3.05, 3.63) is 89.1 Å². The molecule has 7 nitrogen and oxygen atoms in total. The average Bonchev–Trinajstić information content (AvgIpc) is 3.35. The number of nitrogens with zero attached hydrogens (tertiary/aromatic N) is 4. The topological polar surface area (TPSA) is 81.8 Å². The number of amides is 1. The minimum absolute atomic E-state index is 0.0750. The van der Waals surface area contributed by atoms with Crippen LogP contribution in [0.25, 0.3) is 33.2 Å². The number of rotatable bonds is 4. The van der Waals surface area contributed by atoms with Crippen molar-refractivity contribution in [2.75, 3.05) is 5.32 Å². The predicted octanol–water partition coefficient (Wildman–Crippen LogP) is 4.38. The highest BCUT2D eigenvalue weighted by Gasteiger charge is 2.13. The van der Waals surface area contributed by atoms with Crippen molar-refractivity contribution in [2.24, 2.45) is 0 Å². The summed E-state index contributed by atoms with van der Waals surface area (Å²) in [5.41, 5.74) is 4.54. The molecule has 2 aromatic carbocycles. The zero-order valence-electron chi connectivity index (χ0n) is 17.7. The van der Waals surface area contributed by atoms with E-state index >= 15 is 0 Å². The minimum atomic E-state index is -0.161. The third-order valence-corrected chi connectivity index (χ3v) is 5.54. The Morgan fingerprint density at radius 3 is 2.69 bits per heavy atom. The van der Waals surface area contributed by atoms with Gasteiger partial charge >= 0.3 is 0 Å². The first-order valence-corrected chi connectivity index (χ1v) is 10.4. The Hall–Kier alpha value is -4.26. The van der Waals surface area contributed by atoms with Crippen LogP contribution in [0.5, 0.6) is 0 Å². The van der Waals surface area contributed by atoms with E-state index in [4.69, 9.17) is 0 Å². The molecule has 0 spiro atoms. The molecule has 158 valence electrons. The van der Waals surface area contributed by atoms with Crippen LogP contribution in [-0.4, -0.2) is 25.2 Å². The number of anilines is 1. The van der Waals surface area contributed by atoms with E-state index in [1.165, 1.54) is 6.07 Å². The van der Waals surface area contributed by atoms with Gasteiger partial charge in [-0.2, -0.15) is 5.10 Å². The molecule has 0 aliphatic rings. The average molecular weight is 423 g/mol. The summed E-state index contributed by atoms with van der Waals surface area (Å²) in [5, 5.41) is 8.92. The number of carbonyl (C=O) groups excluding carboxylic acids is 1. The quantitative estimate of drug-likeness (QED) is 0.435. The van der Waals surface area contributed by atoms with Crippen LogP contribution in [0.15, 0.2) is 78.0 Å². The molecule has 0 saturated carbocycles. The smallest absolute Gasteiger partial charge is 0.255 e. The van der Waals surface area contributed by atoms with E-state index in [0.717, 1.165) is 33.1 Å². The molecule has 0 atom stereocenters. The maximum absolute atomic E-state index is 13.1. The molecule has 5 rings (SSSR count). The summed E-state index contributed by atoms with van der Waals surface area (Å²) in [5.74, 6) is -0.0750. The number of aryl methyl sites for hydroxylation is 1. The highest BCUT2D eigenvalue weighted by atomic mass is 16.1. The normalized spacial score (nSPS) is 11.2. The van der Waals surface area contributed by atoms with Gasteiger partial charge in [0, 0.05) is 47.5 Å². The maximum Gasteiger partial charge on any atom is 0.255 e. The molecule has 3 heterocycles. The van der Waals surface area contributed by atoms with E-state index in [0.29, 0.717) is 17.8 Å². The predicted molar refractivity (Wildman–Crippen MR) is 126 cm³/mol. The Labute approximate surface area is 183 Å². The number of carbonyl (C=O) groups is 1. The van der Waals surface area contributed by atoms with Crippen LogP contribution in [0.4, 0.5) is 5.69 Å². The summed E-state index contributed by atoms with van der Waals surface area (Å²) >= 11 is 0. The molecule has 1 N–H and O–H groups in total. The fourth-order valence-corrected chi connectivity index (χ4v) is 3.84. The van der Waals surface area contributed by atoms with Gasteiger partial charge in [-0.1, -0.05) is 13.0 Å². The second-order valence-corrected chi connectivity index (χ2v) is 7.62. The van der Waals surface area contributed by atoms with Crippen molar-refractivity contribution in [3.8, 4) is 11.4 Å². The molecule has 0 fully saturated rings. The highest BCUT2D eigenvalue weighted by Crippen LogP contribution is 2.28. The fraction of sp³-hybridized carbons (Fsp3) is 0.120. The van der Waals surface area contributed by atoms with Crippen LogP contribution in [0.1, 0.15) is 18.9 Å². The second-order valence-electron chi connectivity index (χ2n) is 7.62. The number of benzene rings is 2. The van der Waals surface area contributed by atoms with Crippen LogP contribution < -0.4 is 10.9 Å². The van der Waals surface area contributed by atoms with Gasteiger partial charge in [0.1, 0.15) is 0 Å². The van der Waals surface area contributed by atoms with E-state index in [-0.39, 0.29) is 11.5 Å². The Kier molecular flexibility index (Phi) is 4.78. The van der Waals surface area contributed by atoms with Crippen molar-refractivity contribution < 1.29 is 4.79 Å². The van der Waals surface area contributed by atoms with Crippen molar-refractivity contribution in [1.29, 1.82) is 0 Å². The molecular formula is C25H21N5O2. The summed E-state index contributed by atoms with van der Waals surface area (Å²) in [7, 11) is 0. The molecule has 0 aliphatic heterocycles. The lowest BCUT2D eigenvalue weighted by molar-refractivity contribution is -0.115. The van der Waals surface area contributed by atoms with Crippen molar-refractivity contribution in [2.45, 2.75) is 20.3 Å². The van der Waals surface area contributed by atoms with Crippen LogP contribution in [0.2, 0.25) is 0 Å². The van der Waals surface area contributed by atoms with E-state index in [2.05, 4.69) is 15.4 Å². The third-order valence-electron chi connectivity index (χ3n) is 5.54. The van der Waals surface area contributed by atoms with Gasteiger partial charge in [-0.05, 0) is 55.0 Å². The number of nitrogens with one attached hydrogen (secondary N) is 1. The first-order valence-electron chi connectivity index (χ1n) is 10.4. The molecule has 0 unspecified atom stereocenters. The SMILES string of the molecule is CCC(=O)Nc1cc(-n2c(=O)ccc3cnc4ccc(-n5cccn5)cc4c32)ccc1C. The summed E-state index contributed by atoms with van der Waals surface area (Å²) in [4.78, 5) is 29.7. The van der Waals surface area contributed by atoms with Crippen molar-refractivity contribution in [3.63, 3.8) is 0 Å².